The van der Waals surface area contributed by atoms with Crippen LogP contribution in [0.4, 0.5) is 0 Å². The number of sulfonamides is 1. The van der Waals surface area contributed by atoms with Gasteiger partial charge in [0.15, 0.2) is 11.5 Å². The lowest BCUT2D eigenvalue weighted by Crippen LogP contribution is -2.21. The Kier molecular flexibility index (Phi) is 3.63. The van der Waals surface area contributed by atoms with Gasteiger partial charge in [-0.25, -0.2) is 13.1 Å². The molecule has 1 aromatic carbocycles. The SMILES string of the molecule is CNS(=O)(=O)c1cc2c(cc1CC(=O)OC)OCO2. The Morgan fingerprint density at radius 1 is 1.37 bits per heavy atom. The topological polar surface area (TPSA) is 90.9 Å². The van der Waals surface area contributed by atoms with Gasteiger partial charge in [-0.1, -0.05) is 0 Å². The van der Waals surface area contributed by atoms with Crippen LogP contribution in [-0.4, -0.2) is 35.3 Å². The number of carbonyl (C=O) groups excluding carboxylic acids is 1. The molecule has 1 N–H and O–H groups in total. The first-order valence-electron chi connectivity index (χ1n) is 5.41. The molecular weight excluding hydrogens is 274 g/mol. The number of ether oxygens (including phenoxy) is 3. The number of esters is 1. The Morgan fingerprint density at radius 3 is 2.58 bits per heavy atom. The first-order valence-corrected chi connectivity index (χ1v) is 6.89. The molecule has 1 heterocycles. The van der Waals surface area contributed by atoms with Crippen molar-refractivity contribution in [2.24, 2.45) is 0 Å². The lowest BCUT2D eigenvalue weighted by atomic mass is 10.1. The lowest BCUT2D eigenvalue weighted by molar-refractivity contribution is -0.139. The number of methoxy groups -OCH3 is 1. The highest BCUT2D eigenvalue weighted by molar-refractivity contribution is 7.89. The van der Waals surface area contributed by atoms with Crippen LogP contribution in [0.3, 0.4) is 0 Å². The summed E-state index contributed by atoms with van der Waals surface area (Å²) in [6.45, 7) is 0.0239. The van der Waals surface area contributed by atoms with E-state index in [1.807, 2.05) is 0 Å². The highest BCUT2D eigenvalue weighted by Gasteiger charge is 2.25. The van der Waals surface area contributed by atoms with Crippen molar-refractivity contribution in [2.75, 3.05) is 21.0 Å². The van der Waals surface area contributed by atoms with Crippen LogP contribution in [0.25, 0.3) is 0 Å². The van der Waals surface area contributed by atoms with Gasteiger partial charge in [0.05, 0.1) is 18.4 Å². The summed E-state index contributed by atoms with van der Waals surface area (Å²) in [4.78, 5) is 11.3. The van der Waals surface area contributed by atoms with E-state index in [1.165, 1.54) is 26.3 Å². The molecule has 0 bridgehead atoms. The van der Waals surface area contributed by atoms with E-state index in [2.05, 4.69) is 9.46 Å². The van der Waals surface area contributed by atoms with Gasteiger partial charge in [-0.15, -0.1) is 0 Å². The quantitative estimate of drug-likeness (QED) is 0.786. The lowest BCUT2D eigenvalue weighted by Gasteiger charge is -2.10. The summed E-state index contributed by atoms with van der Waals surface area (Å²) in [6.07, 6.45) is -0.163. The maximum atomic E-state index is 11.9. The van der Waals surface area contributed by atoms with E-state index in [-0.39, 0.29) is 18.1 Å². The molecule has 8 heteroatoms. The summed E-state index contributed by atoms with van der Waals surface area (Å²) in [5, 5.41) is 0. The van der Waals surface area contributed by atoms with Crippen LogP contribution in [0.5, 0.6) is 11.5 Å². The Balaban J connectivity index is 2.53. The number of nitrogens with one attached hydrogen (secondary N) is 1. The van der Waals surface area contributed by atoms with Crippen molar-refractivity contribution in [3.63, 3.8) is 0 Å². The zero-order chi connectivity index (χ0) is 14.0. The molecule has 1 aromatic rings. The molecule has 1 aliphatic rings. The highest BCUT2D eigenvalue weighted by Crippen LogP contribution is 2.36. The first-order chi connectivity index (χ1) is 8.97. The minimum absolute atomic E-state index is 0.0235. The van der Waals surface area contributed by atoms with Crippen molar-refractivity contribution < 1.29 is 27.4 Å². The summed E-state index contributed by atoms with van der Waals surface area (Å²) >= 11 is 0. The maximum absolute atomic E-state index is 11.9. The van der Waals surface area contributed by atoms with Gasteiger partial charge in [0, 0.05) is 6.07 Å². The molecule has 2 rings (SSSR count). The first kappa shape index (κ1) is 13.6. The third-order valence-corrected chi connectivity index (χ3v) is 4.17. The van der Waals surface area contributed by atoms with Gasteiger partial charge in [-0.05, 0) is 18.7 Å². The Hall–Kier alpha value is -1.80. The molecule has 0 radical (unpaired) electrons. The van der Waals surface area contributed by atoms with Gasteiger partial charge in [0.1, 0.15) is 0 Å². The Morgan fingerprint density at radius 2 is 2.00 bits per heavy atom. The molecule has 19 heavy (non-hydrogen) atoms. The van der Waals surface area contributed by atoms with E-state index < -0.39 is 16.0 Å². The van der Waals surface area contributed by atoms with E-state index in [1.54, 1.807) is 0 Å². The second kappa shape index (κ2) is 5.06. The average molecular weight is 287 g/mol. The van der Waals surface area contributed by atoms with Crippen LogP contribution < -0.4 is 14.2 Å². The van der Waals surface area contributed by atoms with E-state index in [9.17, 15) is 13.2 Å². The molecule has 104 valence electrons. The Labute approximate surface area is 110 Å². The fourth-order valence-electron chi connectivity index (χ4n) is 1.69. The number of fused-ring (bicyclic) bond motifs is 1. The summed E-state index contributed by atoms with van der Waals surface area (Å²) < 4.78 is 40.9. The fourth-order valence-corrected chi connectivity index (χ4v) is 2.65. The second-order valence-corrected chi connectivity index (χ2v) is 5.63. The molecule has 7 nitrogen and oxygen atoms in total. The normalized spacial score (nSPS) is 13.4. The monoisotopic (exact) mass is 287 g/mol. The van der Waals surface area contributed by atoms with Crippen LogP contribution in [0, 0.1) is 0 Å². The van der Waals surface area contributed by atoms with Crippen molar-refractivity contribution in [2.45, 2.75) is 11.3 Å². The van der Waals surface area contributed by atoms with Crippen molar-refractivity contribution in [3.05, 3.63) is 17.7 Å². The zero-order valence-corrected chi connectivity index (χ0v) is 11.2. The fraction of sp³-hybridized carbons (Fsp3) is 0.364. The van der Waals surface area contributed by atoms with Crippen molar-refractivity contribution in [1.82, 2.24) is 4.72 Å². The number of hydrogen-bond acceptors (Lipinski definition) is 6. The van der Waals surface area contributed by atoms with E-state index in [4.69, 9.17) is 9.47 Å². The standard InChI is InChI=1S/C11H13NO6S/c1-12-19(14,15)10-5-9-8(17-6-18-9)3-7(10)4-11(13)16-2/h3,5,12H,4,6H2,1-2H3. The molecule has 0 spiro atoms. The summed E-state index contributed by atoms with van der Waals surface area (Å²) in [7, 11) is -1.17. The minimum Gasteiger partial charge on any atom is -0.469 e. The van der Waals surface area contributed by atoms with Crippen LogP contribution >= 0.6 is 0 Å². The molecule has 0 fully saturated rings. The Bertz CT molecular complexity index is 610. The van der Waals surface area contributed by atoms with Crippen LogP contribution in [-0.2, 0) is 26.0 Å². The van der Waals surface area contributed by atoms with Gasteiger partial charge < -0.3 is 14.2 Å². The summed E-state index contributed by atoms with van der Waals surface area (Å²) in [5.74, 6) is 0.211. The largest absolute Gasteiger partial charge is 0.469 e. The number of benzene rings is 1. The highest BCUT2D eigenvalue weighted by atomic mass is 32.2. The second-order valence-electron chi connectivity index (χ2n) is 3.77. The molecule has 1 aliphatic heterocycles. The van der Waals surface area contributed by atoms with Crippen molar-refractivity contribution in [1.29, 1.82) is 0 Å². The van der Waals surface area contributed by atoms with Crippen LogP contribution in [0.2, 0.25) is 0 Å². The van der Waals surface area contributed by atoms with Gasteiger partial charge in [0.2, 0.25) is 16.8 Å². The van der Waals surface area contributed by atoms with E-state index >= 15 is 0 Å². The van der Waals surface area contributed by atoms with Crippen LogP contribution in [0.1, 0.15) is 5.56 Å². The smallest absolute Gasteiger partial charge is 0.310 e. The minimum atomic E-state index is -3.70. The average Bonchev–Trinajstić information content (AvgIpc) is 2.84. The number of carbonyl (C=O) groups is 1. The molecule has 0 aromatic heterocycles. The molecule has 0 aliphatic carbocycles. The maximum Gasteiger partial charge on any atom is 0.310 e. The van der Waals surface area contributed by atoms with Crippen molar-refractivity contribution >= 4 is 16.0 Å². The predicted molar refractivity (Wildman–Crippen MR) is 64.5 cm³/mol. The molecule has 0 unspecified atom stereocenters. The molecule has 0 atom stereocenters. The zero-order valence-electron chi connectivity index (χ0n) is 10.4. The molecule has 0 saturated carbocycles. The predicted octanol–water partition coefficient (Wildman–Crippen LogP) is 0.0389. The number of rotatable bonds is 4. The van der Waals surface area contributed by atoms with Crippen LogP contribution in [0.15, 0.2) is 17.0 Å². The third-order valence-electron chi connectivity index (χ3n) is 2.68. The third kappa shape index (κ3) is 2.64. The summed E-state index contributed by atoms with van der Waals surface area (Å²) in [6, 6.07) is 2.82. The summed E-state index contributed by atoms with van der Waals surface area (Å²) in [5.41, 5.74) is 0.297. The van der Waals surface area contributed by atoms with Gasteiger partial charge in [-0.2, -0.15) is 0 Å². The molecule has 0 amide bonds. The molecular formula is C11H13NO6S. The van der Waals surface area contributed by atoms with E-state index in [0.717, 1.165) is 0 Å². The van der Waals surface area contributed by atoms with Gasteiger partial charge >= 0.3 is 5.97 Å². The van der Waals surface area contributed by atoms with E-state index in [0.29, 0.717) is 17.1 Å². The molecule has 0 saturated heterocycles. The van der Waals surface area contributed by atoms with Gasteiger partial charge in [0.25, 0.3) is 0 Å². The van der Waals surface area contributed by atoms with Gasteiger partial charge in [-0.3, -0.25) is 4.79 Å². The van der Waals surface area contributed by atoms with Crippen molar-refractivity contribution in [3.8, 4) is 11.5 Å². The number of hydrogen-bond donors (Lipinski definition) is 1.